The second-order valence-electron chi connectivity index (χ2n) is 7.80. The summed E-state index contributed by atoms with van der Waals surface area (Å²) in [4.78, 5) is 19.9. The number of nitrogens with zero attached hydrogens (tertiary/aromatic N) is 2. The molecule has 3 aliphatic rings. The quantitative estimate of drug-likeness (QED) is 0.873. The summed E-state index contributed by atoms with van der Waals surface area (Å²) in [7, 11) is 0. The second kappa shape index (κ2) is 7.64. The Morgan fingerprint density at radius 2 is 2.04 bits per heavy atom. The van der Waals surface area contributed by atoms with Crippen molar-refractivity contribution in [3.63, 3.8) is 0 Å². The fraction of sp³-hybridized carbons (Fsp3) is 0.524. The zero-order valence-corrected chi connectivity index (χ0v) is 16.3. The smallest absolute Gasteiger partial charge is 0.254 e. The minimum atomic E-state index is 0. The molecule has 2 aromatic rings. The van der Waals surface area contributed by atoms with Gasteiger partial charge in [0.05, 0.1) is 6.54 Å². The average Bonchev–Trinajstić information content (AvgIpc) is 3.28. The van der Waals surface area contributed by atoms with E-state index in [1.54, 1.807) is 0 Å². The standard InChI is InChI=1S/C21H25N3O2.ClH/c25-21(17-7-2-1-6-16(17)15-8-10-22-12-15)24-11-9-19-18(13-24)23-20(26-19)14-4-3-5-14;/h1-2,6-7,14-15,22H,3-5,8-13H2;1H. The highest BCUT2D eigenvalue weighted by molar-refractivity contribution is 5.96. The van der Waals surface area contributed by atoms with Gasteiger partial charge in [-0.1, -0.05) is 24.6 Å². The van der Waals surface area contributed by atoms with Crippen LogP contribution in [0.2, 0.25) is 0 Å². The fourth-order valence-electron chi connectivity index (χ4n) is 4.36. The SMILES string of the molecule is Cl.O=C(c1ccccc1C1CCNC1)N1CCc2oc(C3CCC3)nc2C1. The van der Waals surface area contributed by atoms with Crippen LogP contribution in [0.5, 0.6) is 0 Å². The van der Waals surface area contributed by atoms with E-state index in [4.69, 9.17) is 9.40 Å². The number of hydrogen-bond donors (Lipinski definition) is 1. The van der Waals surface area contributed by atoms with Crippen molar-refractivity contribution < 1.29 is 9.21 Å². The second-order valence-corrected chi connectivity index (χ2v) is 7.80. The van der Waals surface area contributed by atoms with E-state index in [0.717, 1.165) is 48.8 Å². The number of carbonyl (C=O) groups excluding carboxylic acids is 1. The van der Waals surface area contributed by atoms with Gasteiger partial charge < -0.3 is 14.6 Å². The molecular weight excluding hydrogens is 362 g/mol. The first kappa shape index (κ1) is 18.5. The van der Waals surface area contributed by atoms with Crippen LogP contribution in [0, 0.1) is 0 Å². The summed E-state index contributed by atoms with van der Waals surface area (Å²) >= 11 is 0. The molecule has 0 bridgehead atoms. The van der Waals surface area contributed by atoms with Crippen LogP contribution in [-0.2, 0) is 13.0 Å². The van der Waals surface area contributed by atoms with Crippen molar-refractivity contribution in [3.05, 3.63) is 52.7 Å². The third-order valence-electron chi connectivity index (χ3n) is 6.18. The summed E-state index contributed by atoms with van der Waals surface area (Å²) in [6.07, 6.45) is 5.52. The third kappa shape index (κ3) is 3.39. The molecule has 1 aromatic heterocycles. The van der Waals surface area contributed by atoms with E-state index in [2.05, 4.69) is 11.4 Å². The van der Waals surface area contributed by atoms with Crippen LogP contribution in [0.25, 0.3) is 0 Å². The summed E-state index contributed by atoms with van der Waals surface area (Å²) in [5, 5.41) is 3.41. The molecule has 144 valence electrons. The average molecular weight is 388 g/mol. The lowest BCUT2D eigenvalue weighted by Crippen LogP contribution is -2.36. The zero-order valence-electron chi connectivity index (χ0n) is 15.4. The predicted molar refractivity (Wildman–Crippen MR) is 105 cm³/mol. The Balaban J connectivity index is 0.00000180. The van der Waals surface area contributed by atoms with Crippen LogP contribution < -0.4 is 5.32 Å². The number of hydrogen-bond acceptors (Lipinski definition) is 4. The molecule has 2 aliphatic heterocycles. The van der Waals surface area contributed by atoms with Crippen molar-refractivity contribution in [1.82, 2.24) is 15.2 Å². The van der Waals surface area contributed by atoms with Crippen LogP contribution in [0.3, 0.4) is 0 Å². The molecule has 1 N–H and O–H groups in total. The number of carbonyl (C=O) groups is 1. The highest BCUT2D eigenvalue weighted by Crippen LogP contribution is 2.37. The molecular formula is C21H26ClN3O2. The Bertz CT molecular complexity index is 825. The van der Waals surface area contributed by atoms with Gasteiger partial charge in [0.2, 0.25) is 0 Å². The van der Waals surface area contributed by atoms with Gasteiger partial charge in [-0.2, -0.15) is 0 Å². The lowest BCUT2D eigenvalue weighted by Gasteiger charge is -2.27. The van der Waals surface area contributed by atoms with Crippen molar-refractivity contribution in [2.24, 2.45) is 0 Å². The van der Waals surface area contributed by atoms with E-state index >= 15 is 0 Å². The number of fused-ring (bicyclic) bond motifs is 1. The first-order chi connectivity index (χ1) is 12.8. The molecule has 2 fully saturated rings. The molecule has 1 saturated carbocycles. The van der Waals surface area contributed by atoms with Gasteiger partial charge in [-0.05, 0) is 43.4 Å². The largest absolute Gasteiger partial charge is 0.445 e. The molecule has 1 saturated heterocycles. The maximum Gasteiger partial charge on any atom is 0.254 e. The molecule has 1 amide bonds. The topological polar surface area (TPSA) is 58.4 Å². The highest BCUT2D eigenvalue weighted by Gasteiger charge is 2.31. The lowest BCUT2D eigenvalue weighted by molar-refractivity contribution is 0.0726. The van der Waals surface area contributed by atoms with Crippen LogP contribution in [0.4, 0.5) is 0 Å². The van der Waals surface area contributed by atoms with E-state index in [-0.39, 0.29) is 18.3 Å². The van der Waals surface area contributed by atoms with Gasteiger partial charge in [0.25, 0.3) is 5.91 Å². The van der Waals surface area contributed by atoms with Crippen LogP contribution in [0.1, 0.15) is 70.8 Å². The third-order valence-corrected chi connectivity index (χ3v) is 6.18. The summed E-state index contributed by atoms with van der Waals surface area (Å²) in [5.74, 6) is 2.96. The molecule has 1 unspecified atom stereocenters. The zero-order chi connectivity index (χ0) is 17.5. The van der Waals surface area contributed by atoms with Gasteiger partial charge in [-0.15, -0.1) is 12.4 Å². The Labute approximate surface area is 165 Å². The molecule has 5 rings (SSSR count). The van der Waals surface area contributed by atoms with Gasteiger partial charge >= 0.3 is 0 Å². The molecule has 5 nitrogen and oxygen atoms in total. The molecule has 6 heteroatoms. The first-order valence-electron chi connectivity index (χ1n) is 9.87. The number of benzene rings is 1. The van der Waals surface area contributed by atoms with Gasteiger partial charge in [0.1, 0.15) is 11.5 Å². The van der Waals surface area contributed by atoms with Crippen molar-refractivity contribution >= 4 is 18.3 Å². The normalized spacial score (nSPS) is 22.1. The summed E-state index contributed by atoms with van der Waals surface area (Å²) < 4.78 is 5.99. The minimum Gasteiger partial charge on any atom is -0.445 e. The molecule has 27 heavy (non-hydrogen) atoms. The Morgan fingerprint density at radius 3 is 2.78 bits per heavy atom. The van der Waals surface area contributed by atoms with Gasteiger partial charge in [-0.3, -0.25) is 4.79 Å². The molecule has 0 spiro atoms. The van der Waals surface area contributed by atoms with Crippen molar-refractivity contribution in [3.8, 4) is 0 Å². The molecule has 1 aliphatic carbocycles. The Morgan fingerprint density at radius 1 is 1.19 bits per heavy atom. The van der Waals surface area contributed by atoms with Gasteiger partial charge in [0, 0.05) is 31.0 Å². The fourth-order valence-corrected chi connectivity index (χ4v) is 4.36. The van der Waals surface area contributed by atoms with Crippen LogP contribution in [0.15, 0.2) is 28.7 Å². The number of nitrogens with one attached hydrogen (secondary N) is 1. The van der Waals surface area contributed by atoms with E-state index in [9.17, 15) is 4.79 Å². The summed E-state index contributed by atoms with van der Waals surface area (Å²) in [5.41, 5.74) is 3.00. The van der Waals surface area contributed by atoms with Crippen LogP contribution in [-0.4, -0.2) is 35.4 Å². The number of oxazole rings is 1. The van der Waals surface area contributed by atoms with E-state index in [0.29, 0.717) is 24.9 Å². The molecule has 0 radical (unpaired) electrons. The first-order valence-corrected chi connectivity index (χ1v) is 9.87. The van der Waals surface area contributed by atoms with E-state index < -0.39 is 0 Å². The maximum atomic E-state index is 13.2. The summed E-state index contributed by atoms with van der Waals surface area (Å²) in [6, 6.07) is 8.11. The monoisotopic (exact) mass is 387 g/mol. The number of amides is 1. The van der Waals surface area contributed by atoms with Crippen molar-refractivity contribution in [1.29, 1.82) is 0 Å². The summed E-state index contributed by atoms with van der Waals surface area (Å²) in [6.45, 7) is 3.27. The highest BCUT2D eigenvalue weighted by atomic mass is 35.5. The molecule has 3 heterocycles. The van der Waals surface area contributed by atoms with Crippen molar-refractivity contribution in [2.75, 3.05) is 19.6 Å². The predicted octanol–water partition coefficient (Wildman–Crippen LogP) is 3.64. The molecule has 1 atom stereocenters. The number of halogens is 1. The number of aromatic nitrogens is 1. The molecule has 1 aromatic carbocycles. The maximum absolute atomic E-state index is 13.2. The Hall–Kier alpha value is -1.85. The lowest BCUT2D eigenvalue weighted by atomic mass is 9.85. The number of rotatable bonds is 3. The van der Waals surface area contributed by atoms with Gasteiger partial charge in [-0.25, -0.2) is 4.98 Å². The van der Waals surface area contributed by atoms with Crippen molar-refractivity contribution in [2.45, 2.75) is 50.5 Å². The van der Waals surface area contributed by atoms with Crippen LogP contribution >= 0.6 is 12.4 Å². The van der Waals surface area contributed by atoms with E-state index in [1.165, 1.54) is 24.8 Å². The minimum absolute atomic E-state index is 0. The van der Waals surface area contributed by atoms with E-state index in [1.807, 2.05) is 23.1 Å². The van der Waals surface area contributed by atoms with Gasteiger partial charge in [0.15, 0.2) is 5.89 Å². The Kier molecular flexibility index (Phi) is 5.24.